The first kappa shape index (κ1) is 28.4. The zero-order valence-corrected chi connectivity index (χ0v) is 21.7. The predicted octanol–water partition coefficient (Wildman–Crippen LogP) is 2.48. The summed E-state index contributed by atoms with van der Waals surface area (Å²) in [5, 5.41) is 16.1. The van der Waals surface area contributed by atoms with Gasteiger partial charge in [-0.1, -0.05) is 0 Å². The number of carbonyl (C=O) groups excluding carboxylic acids is 2. The molecule has 4 aromatic heterocycles. The van der Waals surface area contributed by atoms with Crippen molar-refractivity contribution in [2.75, 3.05) is 26.4 Å². The summed E-state index contributed by atoms with van der Waals surface area (Å²) >= 11 is 0. The molecule has 38 heavy (non-hydrogen) atoms. The molecule has 12 nitrogen and oxygen atoms in total. The minimum Gasteiger partial charge on any atom is -0.491 e. The molecule has 2 N–H and O–H groups in total. The van der Waals surface area contributed by atoms with Gasteiger partial charge in [0, 0.05) is 36.8 Å². The first-order valence-electron chi connectivity index (χ1n) is 12.2. The fraction of sp³-hybridized carbons (Fsp3) is 0.385. The van der Waals surface area contributed by atoms with Crippen LogP contribution in [0.2, 0.25) is 0 Å². The van der Waals surface area contributed by atoms with E-state index in [0.29, 0.717) is 47.2 Å². The van der Waals surface area contributed by atoms with E-state index in [-0.39, 0.29) is 12.0 Å². The van der Waals surface area contributed by atoms with Crippen molar-refractivity contribution in [1.29, 1.82) is 0 Å². The molecule has 0 aromatic carbocycles. The van der Waals surface area contributed by atoms with Crippen LogP contribution in [0.15, 0.2) is 53.8 Å². The highest BCUT2D eigenvalue weighted by Crippen LogP contribution is 2.19. The first-order valence-corrected chi connectivity index (χ1v) is 12.2. The maximum absolute atomic E-state index is 11.7. The lowest BCUT2D eigenvalue weighted by atomic mass is 10.2. The van der Waals surface area contributed by atoms with Crippen LogP contribution in [0.3, 0.4) is 0 Å². The van der Waals surface area contributed by atoms with Gasteiger partial charge in [-0.25, -0.2) is 14.1 Å². The van der Waals surface area contributed by atoms with Crippen LogP contribution in [0.1, 0.15) is 48.4 Å². The van der Waals surface area contributed by atoms with E-state index in [2.05, 4.69) is 17.1 Å². The highest BCUT2D eigenvalue weighted by atomic mass is 16.6. The third kappa shape index (κ3) is 7.92. The normalized spacial score (nSPS) is 14.5. The van der Waals surface area contributed by atoms with Crippen molar-refractivity contribution >= 4 is 23.0 Å². The van der Waals surface area contributed by atoms with Gasteiger partial charge in [0.05, 0.1) is 49.3 Å². The molecular formula is C26H32N4O8. The molecule has 1 fully saturated rings. The molecule has 2 unspecified atom stereocenters. The smallest absolute Gasteiger partial charge is 0.341 e. The van der Waals surface area contributed by atoms with Gasteiger partial charge in [0.1, 0.15) is 23.5 Å². The molecule has 4 aromatic rings. The number of aliphatic hydroxyl groups excluding tert-OH is 1. The highest BCUT2D eigenvalue weighted by Gasteiger charge is 2.15. The van der Waals surface area contributed by atoms with Gasteiger partial charge in [-0.15, -0.1) is 0 Å². The number of rotatable bonds is 7. The highest BCUT2D eigenvalue weighted by molar-refractivity contribution is 5.97. The molecule has 0 amide bonds. The van der Waals surface area contributed by atoms with Crippen molar-refractivity contribution in [1.82, 2.24) is 19.2 Å². The zero-order valence-electron chi connectivity index (χ0n) is 21.7. The number of epoxide rings is 1. The lowest BCUT2D eigenvalue weighted by Gasteiger charge is -2.08. The lowest BCUT2D eigenvalue weighted by molar-refractivity contribution is 0.0519. The van der Waals surface area contributed by atoms with Crippen molar-refractivity contribution in [3.8, 4) is 5.75 Å². The zero-order chi connectivity index (χ0) is 27.7. The van der Waals surface area contributed by atoms with Crippen LogP contribution in [0.5, 0.6) is 5.75 Å². The molecule has 1 aliphatic heterocycles. The quantitative estimate of drug-likeness (QED) is 0.272. The topological polar surface area (TPSA) is 149 Å². The van der Waals surface area contributed by atoms with Crippen LogP contribution in [0.25, 0.3) is 11.0 Å². The number of aromatic amines is 1. The number of nitrogens with zero attached hydrogens (tertiary/aromatic N) is 3. The monoisotopic (exact) mass is 528 g/mol. The summed E-state index contributed by atoms with van der Waals surface area (Å²) < 4.78 is 23.1. The van der Waals surface area contributed by atoms with Crippen LogP contribution in [0.4, 0.5) is 0 Å². The molecular weight excluding hydrogens is 496 g/mol. The summed E-state index contributed by atoms with van der Waals surface area (Å²) in [6.45, 7) is 8.99. The Morgan fingerprint density at radius 2 is 1.79 bits per heavy atom. The number of ether oxygens (including phenoxy) is 4. The van der Waals surface area contributed by atoms with Crippen LogP contribution in [0, 0.1) is 0 Å². The maximum Gasteiger partial charge on any atom is 0.341 e. The number of aromatic nitrogens is 4. The second-order valence-electron chi connectivity index (χ2n) is 8.30. The molecule has 0 aliphatic carbocycles. The van der Waals surface area contributed by atoms with E-state index in [1.165, 1.54) is 24.5 Å². The average Bonchev–Trinajstić information content (AvgIpc) is 3.38. The number of esters is 2. The van der Waals surface area contributed by atoms with Gasteiger partial charge >= 0.3 is 11.9 Å². The fourth-order valence-corrected chi connectivity index (χ4v) is 3.11. The van der Waals surface area contributed by atoms with Gasteiger partial charge in [-0.2, -0.15) is 5.10 Å². The van der Waals surface area contributed by atoms with Crippen LogP contribution >= 0.6 is 0 Å². The second kappa shape index (κ2) is 13.4. The summed E-state index contributed by atoms with van der Waals surface area (Å²) in [6, 6.07) is 6.22. The van der Waals surface area contributed by atoms with Crippen molar-refractivity contribution in [2.45, 2.75) is 39.9 Å². The summed E-state index contributed by atoms with van der Waals surface area (Å²) in [4.78, 5) is 34.3. The lowest BCUT2D eigenvalue weighted by Crippen LogP contribution is -2.12. The third-order valence-corrected chi connectivity index (χ3v) is 5.03. The van der Waals surface area contributed by atoms with Crippen LogP contribution < -0.4 is 10.2 Å². The Balaban J connectivity index is 0.000000187. The number of fused-ring (bicyclic) bond motifs is 2. The molecule has 0 saturated carbocycles. The molecule has 0 bridgehead atoms. The maximum atomic E-state index is 11.7. The van der Waals surface area contributed by atoms with Gasteiger partial charge in [0.15, 0.2) is 5.43 Å². The fourth-order valence-electron chi connectivity index (χ4n) is 3.11. The summed E-state index contributed by atoms with van der Waals surface area (Å²) in [7, 11) is 0. The van der Waals surface area contributed by atoms with Gasteiger partial charge in [0.25, 0.3) is 0 Å². The van der Waals surface area contributed by atoms with E-state index in [1.807, 2.05) is 0 Å². The Kier molecular flexibility index (Phi) is 10.0. The molecule has 5 rings (SSSR count). The summed E-state index contributed by atoms with van der Waals surface area (Å²) in [5.74, 6) is -0.272. The molecule has 5 heterocycles. The number of H-pyrrole nitrogens is 1. The Morgan fingerprint density at radius 1 is 1.13 bits per heavy atom. The first-order chi connectivity index (χ1) is 18.2. The molecule has 204 valence electrons. The Morgan fingerprint density at radius 3 is 2.39 bits per heavy atom. The average molecular weight is 529 g/mol. The van der Waals surface area contributed by atoms with Crippen LogP contribution in [-0.2, 0) is 14.2 Å². The second-order valence-corrected chi connectivity index (χ2v) is 8.30. The SMILES string of the molecule is CC1CO1.CCOC(=O)c1c[nH]n2ccc(=O)cc12.CCOC(=O)c1cnn2ccc(OCC(C)O)cc12. The Labute approximate surface area is 218 Å². The van der Waals surface area contributed by atoms with Gasteiger partial charge in [-0.05, 0) is 33.8 Å². The minimum atomic E-state index is -0.550. The molecule has 0 radical (unpaired) electrons. The van der Waals surface area contributed by atoms with Crippen LogP contribution in [-0.4, -0.2) is 74.9 Å². The summed E-state index contributed by atoms with van der Waals surface area (Å²) in [5.41, 5.74) is 1.77. The van der Waals surface area contributed by atoms with Gasteiger partial charge in [0.2, 0.25) is 0 Å². The number of hydrogen-bond donors (Lipinski definition) is 2. The third-order valence-electron chi connectivity index (χ3n) is 5.03. The standard InChI is InChI=1S/C13H16N2O4.C10H10N2O3.C3H6O/c1-3-18-13(17)11-7-14-15-5-4-10(6-12(11)15)19-8-9(2)16;1-2-15-10(14)8-6-11-12-4-3-7(13)5-9(8)12;1-3-2-4-3/h4-7,9,16H,3,8H2,1-2H3;3-6,11H,2H2,1H3;3H,2H2,1H3. The van der Waals surface area contributed by atoms with E-state index in [4.69, 9.17) is 18.9 Å². The molecule has 12 heteroatoms. The van der Waals surface area contributed by atoms with E-state index >= 15 is 0 Å². The van der Waals surface area contributed by atoms with Crippen molar-refractivity contribution in [2.24, 2.45) is 0 Å². The van der Waals surface area contributed by atoms with Crippen molar-refractivity contribution in [3.05, 3.63) is 70.4 Å². The number of aliphatic hydroxyl groups is 1. The Hall–Kier alpha value is -4.16. The van der Waals surface area contributed by atoms with Crippen molar-refractivity contribution < 1.29 is 33.6 Å². The number of hydrogen-bond acceptors (Lipinski definition) is 9. The van der Waals surface area contributed by atoms with E-state index < -0.39 is 18.0 Å². The van der Waals surface area contributed by atoms with E-state index in [9.17, 15) is 19.5 Å². The summed E-state index contributed by atoms with van der Waals surface area (Å²) in [6.07, 6.45) is 6.28. The van der Waals surface area contributed by atoms with Crippen molar-refractivity contribution in [3.63, 3.8) is 0 Å². The number of nitrogens with one attached hydrogen (secondary N) is 1. The van der Waals surface area contributed by atoms with Gasteiger partial charge in [-0.3, -0.25) is 9.31 Å². The minimum absolute atomic E-state index is 0.139. The largest absolute Gasteiger partial charge is 0.491 e. The molecule has 2 atom stereocenters. The molecule has 1 aliphatic rings. The Bertz CT molecular complexity index is 1420. The molecule has 0 spiro atoms. The van der Waals surface area contributed by atoms with E-state index in [0.717, 1.165) is 6.61 Å². The van der Waals surface area contributed by atoms with E-state index in [1.54, 1.807) is 54.3 Å². The molecule has 1 saturated heterocycles. The predicted molar refractivity (Wildman–Crippen MR) is 138 cm³/mol. The number of pyridine rings is 2. The van der Waals surface area contributed by atoms with Gasteiger partial charge < -0.3 is 29.2 Å². The number of carbonyl (C=O) groups is 2.